The molecule has 0 amide bonds. The third kappa shape index (κ3) is 3.02. The zero-order valence-corrected chi connectivity index (χ0v) is 13.4. The van der Waals surface area contributed by atoms with Gasteiger partial charge in [-0.05, 0) is 6.07 Å². The molecule has 7 nitrogen and oxygen atoms in total. The lowest BCUT2D eigenvalue weighted by Gasteiger charge is -2.15. The summed E-state index contributed by atoms with van der Waals surface area (Å²) in [5.41, 5.74) is 1.69. The van der Waals surface area contributed by atoms with Gasteiger partial charge in [0, 0.05) is 38.7 Å². The topological polar surface area (TPSA) is 71.9 Å². The summed E-state index contributed by atoms with van der Waals surface area (Å²) < 4.78 is 21.9. The number of H-pyrrole nitrogens is 1. The summed E-state index contributed by atoms with van der Waals surface area (Å²) in [6, 6.07) is 1.83. The van der Waals surface area contributed by atoms with Crippen molar-refractivity contribution in [3.05, 3.63) is 42.5 Å². The summed E-state index contributed by atoms with van der Waals surface area (Å²) in [4.78, 5) is 17.9. The summed E-state index contributed by atoms with van der Waals surface area (Å²) in [5.74, 6) is 1.61. The van der Waals surface area contributed by atoms with Crippen molar-refractivity contribution in [3.63, 3.8) is 0 Å². The predicted octanol–water partition coefficient (Wildman–Crippen LogP) is 1.43. The summed E-state index contributed by atoms with van der Waals surface area (Å²) in [7, 11) is 1.94. The van der Waals surface area contributed by atoms with Gasteiger partial charge in [0.05, 0.1) is 23.8 Å². The number of ether oxygens (including phenoxy) is 1. The molecule has 126 valence electrons. The van der Waals surface area contributed by atoms with Crippen LogP contribution in [-0.2, 0) is 24.9 Å². The molecule has 24 heavy (non-hydrogen) atoms. The number of fused-ring (bicyclic) bond motifs is 1. The molecule has 1 saturated heterocycles. The Morgan fingerprint density at radius 1 is 1.38 bits per heavy atom. The predicted molar refractivity (Wildman–Crippen MR) is 85.8 cm³/mol. The van der Waals surface area contributed by atoms with Gasteiger partial charge >= 0.3 is 0 Å². The van der Waals surface area contributed by atoms with Crippen molar-refractivity contribution < 1.29 is 9.13 Å². The third-order valence-electron chi connectivity index (χ3n) is 4.33. The average molecular weight is 330 g/mol. The zero-order valence-electron chi connectivity index (χ0n) is 13.4. The number of alkyl halides is 1. The highest BCUT2D eigenvalue weighted by Gasteiger charge is 2.34. The lowest BCUT2D eigenvalue weighted by Crippen LogP contribution is -2.25. The maximum atomic E-state index is 14.2. The Bertz CT molecular complexity index is 798. The van der Waals surface area contributed by atoms with E-state index in [9.17, 15) is 4.39 Å². The highest BCUT2D eigenvalue weighted by Crippen LogP contribution is 2.20. The lowest BCUT2D eigenvalue weighted by molar-refractivity contribution is 0.00857. The number of nitrogens with one attached hydrogen (secondary N) is 1. The van der Waals surface area contributed by atoms with Crippen LogP contribution in [0.5, 0.6) is 0 Å². The van der Waals surface area contributed by atoms with E-state index in [1.807, 2.05) is 28.8 Å². The number of halogens is 1. The molecular weight excluding hydrogens is 311 g/mol. The number of pyridine rings is 1. The van der Waals surface area contributed by atoms with Gasteiger partial charge in [-0.1, -0.05) is 0 Å². The highest BCUT2D eigenvalue weighted by molar-refractivity contribution is 5.73. The minimum absolute atomic E-state index is 0.260. The Balaban J connectivity index is 1.35. The van der Waals surface area contributed by atoms with E-state index in [0.717, 1.165) is 16.9 Å². The first kappa shape index (κ1) is 15.2. The van der Waals surface area contributed by atoms with Crippen LogP contribution in [0.1, 0.15) is 11.6 Å². The number of aromatic nitrogens is 5. The van der Waals surface area contributed by atoms with Crippen LogP contribution in [0.2, 0.25) is 0 Å². The monoisotopic (exact) mass is 330 g/mol. The Labute approximate surface area is 138 Å². The summed E-state index contributed by atoms with van der Waals surface area (Å²) in [6.45, 7) is 1.80. The minimum Gasteiger partial charge on any atom is -0.366 e. The van der Waals surface area contributed by atoms with Gasteiger partial charge < -0.3 is 14.3 Å². The number of nitrogens with zero attached hydrogens (tertiary/aromatic N) is 5. The SMILES string of the molecule is Cn1ccnc1CN1CC(F)C(OCc2nc3ccncc3[nH]2)C1. The Morgan fingerprint density at radius 3 is 3.08 bits per heavy atom. The number of aromatic amines is 1. The first-order valence-electron chi connectivity index (χ1n) is 7.92. The number of aryl methyl sites for hydroxylation is 1. The highest BCUT2D eigenvalue weighted by atomic mass is 19.1. The van der Waals surface area contributed by atoms with E-state index in [1.165, 1.54) is 0 Å². The molecule has 1 aliphatic heterocycles. The van der Waals surface area contributed by atoms with Gasteiger partial charge in [0.2, 0.25) is 0 Å². The van der Waals surface area contributed by atoms with Crippen molar-refractivity contribution in [2.45, 2.75) is 25.4 Å². The molecule has 0 aliphatic carbocycles. The largest absolute Gasteiger partial charge is 0.366 e. The normalized spacial score (nSPS) is 21.8. The van der Waals surface area contributed by atoms with E-state index >= 15 is 0 Å². The molecule has 2 unspecified atom stereocenters. The maximum absolute atomic E-state index is 14.2. The van der Waals surface area contributed by atoms with Crippen molar-refractivity contribution >= 4 is 11.0 Å². The molecule has 3 aromatic rings. The van der Waals surface area contributed by atoms with E-state index in [1.54, 1.807) is 18.6 Å². The molecule has 0 saturated carbocycles. The van der Waals surface area contributed by atoms with E-state index in [4.69, 9.17) is 4.74 Å². The van der Waals surface area contributed by atoms with Crippen LogP contribution in [0.15, 0.2) is 30.9 Å². The van der Waals surface area contributed by atoms with Gasteiger partial charge in [-0.25, -0.2) is 14.4 Å². The molecule has 4 rings (SSSR count). The van der Waals surface area contributed by atoms with Gasteiger partial charge in [0.25, 0.3) is 0 Å². The van der Waals surface area contributed by atoms with Crippen molar-refractivity contribution in [3.8, 4) is 0 Å². The molecule has 1 aliphatic rings. The number of hydrogen-bond acceptors (Lipinski definition) is 5. The van der Waals surface area contributed by atoms with Crippen molar-refractivity contribution in [2.24, 2.45) is 7.05 Å². The van der Waals surface area contributed by atoms with E-state index < -0.39 is 12.3 Å². The van der Waals surface area contributed by atoms with Gasteiger partial charge in [-0.2, -0.15) is 0 Å². The minimum atomic E-state index is -1.00. The summed E-state index contributed by atoms with van der Waals surface area (Å²) >= 11 is 0. The molecule has 4 heterocycles. The Morgan fingerprint density at radius 2 is 2.29 bits per heavy atom. The van der Waals surface area contributed by atoms with E-state index in [-0.39, 0.29) is 6.61 Å². The molecule has 3 aromatic heterocycles. The molecule has 0 aromatic carbocycles. The standard InChI is InChI=1S/C16H19FN6O/c1-22-5-4-19-16(22)9-23-7-11(17)14(8-23)24-10-15-20-12-2-3-18-6-13(12)21-15/h2-6,11,14H,7-10H2,1H3,(H,20,21). The van der Waals surface area contributed by atoms with Crippen LogP contribution in [-0.4, -0.2) is 54.8 Å². The number of likely N-dealkylation sites (tertiary alicyclic amines) is 1. The maximum Gasteiger partial charge on any atom is 0.140 e. The van der Waals surface area contributed by atoms with Crippen LogP contribution < -0.4 is 0 Å². The molecule has 1 N–H and O–H groups in total. The van der Waals surface area contributed by atoms with Crippen LogP contribution in [0, 0.1) is 0 Å². The molecule has 8 heteroatoms. The van der Waals surface area contributed by atoms with Crippen LogP contribution in [0.4, 0.5) is 4.39 Å². The lowest BCUT2D eigenvalue weighted by atomic mass is 10.3. The smallest absolute Gasteiger partial charge is 0.140 e. The fourth-order valence-corrected chi connectivity index (χ4v) is 3.01. The number of imidazole rings is 2. The van der Waals surface area contributed by atoms with Crippen molar-refractivity contribution in [1.82, 2.24) is 29.4 Å². The number of rotatable bonds is 5. The molecule has 0 bridgehead atoms. The second kappa shape index (κ2) is 6.29. The fraction of sp³-hybridized carbons (Fsp3) is 0.438. The first-order valence-corrected chi connectivity index (χ1v) is 7.92. The van der Waals surface area contributed by atoms with Gasteiger partial charge in [-0.3, -0.25) is 9.88 Å². The quantitative estimate of drug-likeness (QED) is 0.766. The van der Waals surface area contributed by atoms with Crippen LogP contribution in [0.25, 0.3) is 11.0 Å². The molecule has 0 spiro atoms. The second-order valence-corrected chi connectivity index (χ2v) is 6.09. The summed E-state index contributed by atoms with van der Waals surface area (Å²) in [5, 5.41) is 0. The fourth-order valence-electron chi connectivity index (χ4n) is 3.01. The summed E-state index contributed by atoms with van der Waals surface area (Å²) in [6.07, 6.45) is 5.60. The molecule has 1 fully saturated rings. The van der Waals surface area contributed by atoms with Crippen molar-refractivity contribution in [1.29, 1.82) is 0 Å². The average Bonchev–Trinajstić information content (AvgIpc) is 3.25. The van der Waals surface area contributed by atoms with E-state index in [2.05, 4.69) is 19.9 Å². The molecular formula is C16H19FN6O. The third-order valence-corrected chi connectivity index (χ3v) is 4.33. The Kier molecular flexibility index (Phi) is 3.99. The van der Waals surface area contributed by atoms with Gasteiger partial charge in [-0.15, -0.1) is 0 Å². The van der Waals surface area contributed by atoms with E-state index in [0.29, 0.717) is 25.5 Å². The van der Waals surface area contributed by atoms with Crippen LogP contribution in [0.3, 0.4) is 0 Å². The number of hydrogen-bond donors (Lipinski definition) is 1. The zero-order chi connectivity index (χ0) is 16.5. The van der Waals surface area contributed by atoms with Gasteiger partial charge in [0.15, 0.2) is 0 Å². The van der Waals surface area contributed by atoms with Crippen LogP contribution >= 0.6 is 0 Å². The first-order chi connectivity index (χ1) is 11.7. The molecule has 0 radical (unpaired) electrons. The Hall–Kier alpha value is -2.32. The van der Waals surface area contributed by atoms with Crippen molar-refractivity contribution in [2.75, 3.05) is 13.1 Å². The second-order valence-electron chi connectivity index (χ2n) is 6.09. The molecule has 2 atom stereocenters. The van der Waals surface area contributed by atoms with Gasteiger partial charge in [0.1, 0.15) is 30.5 Å².